The minimum absolute atomic E-state index is 0.239. The van der Waals surface area contributed by atoms with Crippen LogP contribution in [-0.2, 0) is 4.74 Å². The number of nitrogen functional groups attached to an aromatic ring is 1. The number of rotatable bonds is 4. The fourth-order valence-corrected chi connectivity index (χ4v) is 1.85. The molecule has 0 spiro atoms. The number of ether oxygens (including phenoxy) is 1. The van der Waals surface area contributed by atoms with Crippen molar-refractivity contribution in [3.05, 3.63) is 0 Å². The monoisotopic (exact) mass is 252 g/mol. The summed E-state index contributed by atoms with van der Waals surface area (Å²) in [6, 6.07) is 0. The summed E-state index contributed by atoms with van der Waals surface area (Å²) in [5.41, 5.74) is 5.66. The Kier molecular flexibility index (Phi) is 4.14. The maximum Gasteiger partial charge on any atom is 0.231 e. The Balaban J connectivity index is 1.95. The van der Waals surface area contributed by atoms with E-state index in [1.165, 1.54) is 0 Å². The lowest BCUT2D eigenvalue weighted by Gasteiger charge is -2.22. The van der Waals surface area contributed by atoms with Gasteiger partial charge >= 0.3 is 0 Å². The van der Waals surface area contributed by atoms with Crippen molar-refractivity contribution in [3.63, 3.8) is 0 Å². The summed E-state index contributed by atoms with van der Waals surface area (Å²) in [6.45, 7) is 2.53. The first kappa shape index (κ1) is 12.8. The van der Waals surface area contributed by atoms with Crippen molar-refractivity contribution in [1.82, 2.24) is 15.0 Å². The molecule has 1 saturated heterocycles. The number of hydrogen-bond acceptors (Lipinski definition) is 7. The van der Waals surface area contributed by atoms with Crippen LogP contribution in [0.2, 0.25) is 0 Å². The molecule has 2 rings (SSSR count). The zero-order valence-corrected chi connectivity index (χ0v) is 10.9. The van der Waals surface area contributed by atoms with E-state index in [2.05, 4.69) is 20.3 Å². The smallest absolute Gasteiger partial charge is 0.231 e. The van der Waals surface area contributed by atoms with Gasteiger partial charge in [-0.25, -0.2) is 0 Å². The molecule has 18 heavy (non-hydrogen) atoms. The van der Waals surface area contributed by atoms with Crippen LogP contribution < -0.4 is 16.0 Å². The second-order valence-corrected chi connectivity index (χ2v) is 4.65. The highest BCUT2D eigenvalue weighted by Gasteiger charge is 2.14. The van der Waals surface area contributed by atoms with Crippen molar-refractivity contribution in [2.24, 2.45) is 5.92 Å². The van der Waals surface area contributed by atoms with E-state index < -0.39 is 0 Å². The molecule has 0 radical (unpaired) electrons. The van der Waals surface area contributed by atoms with Gasteiger partial charge in [-0.3, -0.25) is 0 Å². The van der Waals surface area contributed by atoms with Crippen LogP contribution in [0.1, 0.15) is 12.8 Å². The van der Waals surface area contributed by atoms with E-state index in [4.69, 9.17) is 10.5 Å². The molecule has 0 aliphatic carbocycles. The van der Waals surface area contributed by atoms with Crippen molar-refractivity contribution in [2.45, 2.75) is 12.8 Å². The van der Waals surface area contributed by atoms with E-state index in [9.17, 15) is 0 Å². The SMILES string of the molecule is CN(C)c1nc(N)nc(NCC2CCOCC2)n1. The lowest BCUT2D eigenvalue weighted by Crippen LogP contribution is -2.24. The van der Waals surface area contributed by atoms with Gasteiger partial charge in [0.15, 0.2) is 0 Å². The predicted molar refractivity (Wildman–Crippen MR) is 70.6 cm³/mol. The molecule has 0 saturated carbocycles. The maximum atomic E-state index is 5.66. The Morgan fingerprint density at radius 2 is 2.00 bits per heavy atom. The minimum Gasteiger partial charge on any atom is -0.381 e. The Labute approximate surface area is 107 Å². The third-order valence-corrected chi connectivity index (χ3v) is 2.93. The average Bonchev–Trinajstić information content (AvgIpc) is 2.37. The zero-order valence-electron chi connectivity index (χ0n) is 10.9. The van der Waals surface area contributed by atoms with Crippen LogP contribution in [0.15, 0.2) is 0 Å². The van der Waals surface area contributed by atoms with E-state index in [1.54, 1.807) is 4.90 Å². The molecule has 1 aromatic rings. The number of aromatic nitrogens is 3. The van der Waals surface area contributed by atoms with Gasteiger partial charge in [0.25, 0.3) is 0 Å². The Bertz CT molecular complexity index is 391. The molecule has 1 aromatic heterocycles. The highest BCUT2D eigenvalue weighted by atomic mass is 16.5. The fraction of sp³-hybridized carbons (Fsp3) is 0.727. The summed E-state index contributed by atoms with van der Waals surface area (Å²) in [5, 5.41) is 3.23. The average molecular weight is 252 g/mol. The van der Waals surface area contributed by atoms with Crippen molar-refractivity contribution >= 4 is 17.8 Å². The molecule has 0 unspecified atom stereocenters. The topological polar surface area (TPSA) is 89.2 Å². The highest BCUT2D eigenvalue weighted by molar-refractivity contribution is 5.40. The third kappa shape index (κ3) is 3.43. The van der Waals surface area contributed by atoms with E-state index >= 15 is 0 Å². The lowest BCUT2D eigenvalue weighted by atomic mass is 10.0. The molecule has 0 atom stereocenters. The van der Waals surface area contributed by atoms with Crippen molar-refractivity contribution in [1.29, 1.82) is 0 Å². The summed E-state index contributed by atoms with van der Waals surface area (Å²) in [6.07, 6.45) is 2.15. The molecular formula is C11H20N6O. The molecule has 0 aromatic carbocycles. The maximum absolute atomic E-state index is 5.66. The standard InChI is InChI=1S/C11H20N6O/c1-17(2)11-15-9(12)14-10(16-11)13-7-8-3-5-18-6-4-8/h8H,3-7H2,1-2H3,(H3,12,13,14,15,16). The van der Waals surface area contributed by atoms with Crippen LogP contribution in [0.25, 0.3) is 0 Å². The van der Waals surface area contributed by atoms with Crippen LogP contribution in [0, 0.1) is 5.92 Å². The van der Waals surface area contributed by atoms with Crippen molar-refractivity contribution in [3.8, 4) is 0 Å². The quantitative estimate of drug-likeness (QED) is 0.799. The fourth-order valence-electron chi connectivity index (χ4n) is 1.85. The van der Waals surface area contributed by atoms with Gasteiger partial charge in [-0.05, 0) is 18.8 Å². The molecule has 0 bridgehead atoms. The van der Waals surface area contributed by atoms with E-state index in [-0.39, 0.29) is 5.95 Å². The predicted octanol–water partition coefficient (Wildman–Crippen LogP) is 0.358. The van der Waals surface area contributed by atoms with Gasteiger partial charge in [0.05, 0.1) is 0 Å². The Hall–Kier alpha value is -1.63. The first-order valence-corrected chi connectivity index (χ1v) is 6.15. The summed E-state index contributed by atoms with van der Waals surface area (Å²) in [4.78, 5) is 14.2. The number of nitrogens with one attached hydrogen (secondary N) is 1. The first-order valence-electron chi connectivity index (χ1n) is 6.15. The molecule has 7 heteroatoms. The van der Waals surface area contributed by atoms with Gasteiger partial charge < -0.3 is 20.7 Å². The van der Waals surface area contributed by atoms with Crippen LogP contribution in [-0.4, -0.2) is 48.8 Å². The molecule has 1 aliphatic heterocycles. The zero-order chi connectivity index (χ0) is 13.0. The summed E-state index contributed by atoms with van der Waals surface area (Å²) < 4.78 is 5.33. The van der Waals surface area contributed by atoms with E-state index in [0.717, 1.165) is 32.6 Å². The normalized spacial score (nSPS) is 16.6. The molecule has 0 amide bonds. The van der Waals surface area contributed by atoms with Crippen molar-refractivity contribution in [2.75, 3.05) is 49.8 Å². The summed E-state index contributed by atoms with van der Waals surface area (Å²) in [7, 11) is 3.74. The number of nitrogens with zero attached hydrogens (tertiary/aromatic N) is 4. The number of hydrogen-bond donors (Lipinski definition) is 2. The Morgan fingerprint density at radius 3 is 2.67 bits per heavy atom. The minimum atomic E-state index is 0.239. The van der Waals surface area contributed by atoms with E-state index in [0.29, 0.717) is 17.8 Å². The second kappa shape index (κ2) is 5.81. The largest absolute Gasteiger partial charge is 0.381 e. The van der Waals surface area contributed by atoms with Crippen molar-refractivity contribution < 1.29 is 4.74 Å². The first-order chi connectivity index (χ1) is 8.65. The van der Waals surface area contributed by atoms with Gasteiger partial charge in [-0.15, -0.1) is 0 Å². The van der Waals surface area contributed by atoms with Gasteiger partial charge in [0.1, 0.15) is 0 Å². The summed E-state index contributed by atoms with van der Waals surface area (Å²) in [5.74, 6) is 1.96. The van der Waals surface area contributed by atoms with Gasteiger partial charge in [0, 0.05) is 33.9 Å². The molecule has 3 N–H and O–H groups in total. The molecule has 1 fully saturated rings. The lowest BCUT2D eigenvalue weighted by molar-refractivity contribution is 0.0699. The van der Waals surface area contributed by atoms with Gasteiger partial charge in [0.2, 0.25) is 17.8 Å². The molecule has 7 nitrogen and oxygen atoms in total. The molecular weight excluding hydrogens is 232 g/mol. The highest BCUT2D eigenvalue weighted by Crippen LogP contribution is 2.15. The molecule has 2 heterocycles. The van der Waals surface area contributed by atoms with Crippen LogP contribution in [0.5, 0.6) is 0 Å². The number of anilines is 3. The Morgan fingerprint density at radius 1 is 1.28 bits per heavy atom. The summed E-state index contributed by atoms with van der Waals surface area (Å²) >= 11 is 0. The van der Waals surface area contributed by atoms with Crippen LogP contribution >= 0.6 is 0 Å². The van der Waals surface area contributed by atoms with Crippen LogP contribution in [0.3, 0.4) is 0 Å². The molecule has 100 valence electrons. The van der Waals surface area contributed by atoms with Gasteiger partial charge in [-0.1, -0.05) is 0 Å². The van der Waals surface area contributed by atoms with Crippen LogP contribution in [0.4, 0.5) is 17.8 Å². The second-order valence-electron chi connectivity index (χ2n) is 4.65. The third-order valence-electron chi connectivity index (χ3n) is 2.93. The van der Waals surface area contributed by atoms with Gasteiger partial charge in [-0.2, -0.15) is 15.0 Å². The van der Waals surface area contributed by atoms with E-state index in [1.807, 2.05) is 14.1 Å². The molecule has 1 aliphatic rings. The number of nitrogens with two attached hydrogens (primary N) is 1.